The number of morpholine rings is 1. The number of aromatic nitrogens is 1. The summed E-state index contributed by atoms with van der Waals surface area (Å²) in [6.07, 6.45) is 2.43. The predicted octanol–water partition coefficient (Wildman–Crippen LogP) is 2.65. The molecule has 26 heavy (non-hydrogen) atoms. The zero-order chi connectivity index (χ0) is 18.4. The van der Waals surface area contributed by atoms with E-state index in [-0.39, 0.29) is 30.6 Å². The number of nitrogens with zero attached hydrogens (tertiary/aromatic N) is 2. The number of carbonyl (C=O) groups is 2. The second kappa shape index (κ2) is 8.91. The molecule has 1 aliphatic heterocycles. The Morgan fingerprint density at radius 3 is 2.92 bits per heavy atom. The molecule has 1 aliphatic rings. The van der Waals surface area contributed by atoms with Crippen molar-refractivity contribution in [3.63, 3.8) is 0 Å². The molecule has 0 radical (unpaired) electrons. The minimum Gasteiger partial charge on any atom is -0.375 e. The van der Waals surface area contributed by atoms with Crippen molar-refractivity contribution in [1.82, 2.24) is 10.3 Å². The number of ether oxygens (including phenoxy) is 1. The van der Waals surface area contributed by atoms with E-state index in [9.17, 15) is 9.59 Å². The number of nitrogens with one attached hydrogen (secondary N) is 1. The van der Waals surface area contributed by atoms with Gasteiger partial charge in [0.1, 0.15) is 5.82 Å². The van der Waals surface area contributed by atoms with E-state index in [1.54, 1.807) is 12.3 Å². The Labute approximate surface area is 157 Å². The first-order valence-corrected chi connectivity index (χ1v) is 9.64. The topological polar surface area (TPSA) is 71.5 Å². The summed E-state index contributed by atoms with van der Waals surface area (Å²) in [6.45, 7) is 4.86. The summed E-state index contributed by atoms with van der Waals surface area (Å²) in [5.74, 6) is 0.818. The van der Waals surface area contributed by atoms with Crippen LogP contribution in [0, 0.1) is 0 Å². The summed E-state index contributed by atoms with van der Waals surface area (Å²) >= 11 is 1.40. The number of amides is 1. The normalized spacial score (nSPS) is 17.1. The zero-order valence-corrected chi connectivity index (χ0v) is 15.6. The first-order chi connectivity index (χ1) is 12.6. The van der Waals surface area contributed by atoms with Crippen LogP contribution in [0.1, 0.15) is 35.0 Å². The highest BCUT2D eigenvalue weighted by molar-refractivity contribution is 7.12. The van der Waals surface area contributed by atoms with Crippen molar-refractivity contribution in [2.45, 2.75) is 32.4 Å². The van der Waals surface area contributed by atoms with Gasteiger partial charge in [-0.2, -0.15) is 0 Å². The average Bonchev–Trinajstić information content (AvgIpc) is 3.20. The maximum atomic E-state index is 11.9. The maximum absolute atomic E-state index is 11.9. The minimum atomic E-state index is -0.124. The average molecular weight is 373 g/mol. The Morgan fingerprint density at radius 2 is 2.23 bits per heavy atom. The van der Waals surface area contributed by atoms with Crippen LogP contribution in [0.5, 0.6) is 0 Å². The van der Waals surface area contributed by atoms with Gasteiger partial charge in [0.05, 0.1) is 17.6 Å². The molecule has 1 fully saturated rings. The van der Waals surface area contributed by atoms with Gasteiger partial charge in [0.25, 0.3) is 0 Å². The number of anilines is 1. The van der Waals surface area contributed by atoms with Gasteiger partial charge in [0.15, 0.2) is 5.78 Å². The molecule has 3 rings (SSSR count). The van der Waals surface area contributed by atoms with Crippen molar-refractivity contribution < 1.29 is 14.3 Å². The van der Waals surface area contributed by atoms with Crippen molar-refractivity contribution in [3.8, 4) is 0 Å². The predicted molar refractivity (Wildman–Crippen MR) is 102 cm³/mol. The summed E-state index contributed by atoms with van der Waals surface area (Å²) in [6, 6.07) is 7.57. The molecule has 3 heterocycles. The summed E-state index contributed by atoms with van der Waals surface area (Å²) < 4.78 is 5.54. The Hall–Kier alpha value is -2.25. The smallest absolute Gasteiger partial charge is 0.220 e. The Balaban J connectivity index is 1.42. The lowest BCUT2D eigenvalue weighted by atomic mass is 10.2. The van der Waals surface area contributed by atoms with Crippen molar-refractivity contribution >= 4 is 28.8 Å². The van der Waals surface area contributed by atoms with Gasteiger partial charge in [-0.05, 0) is 30.0 Å². The van der Waals surface area contributed by atoms with Gasteiger partial charge in [-0.1, -0.05) is 12.1 Å². The molecule has 1 amide bonds. The molecule has 2 aromatic rings. The maximum Gasteiger partial charge on any atom is 0.220 e. The minimum absolute atomic E-state index is 0.0147. The van der Waals surface area contributed by atoms with Crippen LogP contribution in [0.15, 0.2) is 35.8 Å². The molecule has 138 valence electrons. The number of pyridine rings is 1. The standard InChI is InChI=1S/C19H23N3O3S/c1-14-13-22(8-9-25-14)18-6-4-15(11-20-18)12-21-19(24)7-5-16(23)17-3-2-10-26-17/h2-4,6,10-11,14H,5,7-9,12-13H2,1H3,(H,21,24). The number of hydrogen-bond acceptors (Lipinski definition) is 6. The summed E-state index contributed by atoms with van der Waals surface area (Å²) in [4.78, 5) is 31.2. The molecule has 0 bridgehead atoms. The molecule has 1 N–H and O–H groups in total. The van der Waals surface area contributed by atoms with Crippen LogP contribution < -0.4 is 10.2 Å². The highest BCUT2D eigenvalue weighted by atomic mass is 32.1. The SMILES string of the molecule is CC1CN(c2ccc(CNC(=O)CCC(=O)c3cccs3)cn2)CCO1. The molecular formula is C19H23N3O3S. The van der Waals surface area contributed by atoms with Crippen LogP contribution in [0.25, 0.3) is 0 Å². The molecule has 0 aliphatic carbocycles. The highest BCUT2D eigenvalue weighted by Crippen LogP contribution is 2.15. The molecular weight excluding hydrogens is 350 g/mol. The first-order valence-electron chi connectivity index (χ1n) is 8.76. The fourth-order valence-electron chi connectivity index (χ4n) is 2.81. The number of hydrogen-bond donors (Lipinski definition) is 1. The zero-order valence-electron chi connectivity index (χ0n) is 14.8. The van der Waals surface area contributed by atoms with Crippen LogP contribution >= 0.6 is 11.3 Å². The fourth-order valence-corrected chi connectivity index (χ4v) is 3.51. The third kappa shape index (κ3) is 5.12. The highest BCUT2D eigenvalue weighted by Gasteiger charge is 2.17. The van der Waals surface area contributed by atoms with Crippen LogP contribution in [-0.2, 0) is 16.1 Å². The lowest BCUT2D eigenvalue weighted by Gasteiger charge is -2.32. The van der Waals surface area contributed by atoms with Gasteiger partial charge in [-0.15, -0.1) is 11.3 Å². The molecule has 0 aromatic carbocycles. The van der Waals surface area contributed by atoms with Gasteiger partial charge in [0, 0.05) is 38.7 Å². The van der Waals surface area contributed by atoms with Crippen LogP contribution in [0.2, 0.25) is 0 Å². The van der Waals surface area contributed by atoms with E-state index in [0.717, 1.165) is 24.5 Å². The summed E-state index contributed by atoms with van der Waals surface area (Å²) in [7, 11) is 0. The Kier molecular flexibility index (Phi) is 6.35. The van der Waals surface area contributed by atoms with E-state index in [4.69, 9.17) is 4.74 Å². The van der Waals surface area contributed by atoms with E-state index < -0.39 is 0 Å². The molecule has 1 atom stereocenters. The Morgan fingerprint density at radius 1 is 1.35 bits per heavy atom. The third-order valence-corrected chi connectivity index (χ3v) is 5.15. The fraction of sp³-hybridized carbons (Fsp3) is 0.421. The second-order valence-corrected chi connectivity index (χ2v) is 7.28. The van der Waals surface area contributed by atoms with Gasteiger partial charge in [0.2, 0.25) is 5.91 Å². The molecule has 2 aromatic heterocycles. The van der Waals surface area contributed by atoms with E-state index in [1.807, 2.05) is 23.6 Å². The number of carbonyl (C=O) groups excluding carboxylic acids is 2. The van der Waals surface area contributed by atoms with Gasteiger partial charge in [-0.25, -0.2) is 4.98 Å². The van der Waals surface area contributed by atoms with Gasteiger partial charge in [-0.3, -0.25) is 9.59 Å². The largest absolute Gasteiger partial charge is 0.375 e. The van der Waals surface area contributed by atoms with Crippen molar-refractivity contribution in [2.75, 3.05) is 24.6 Å². The van der Waals surface area contributed by atoms with Crippen LogP contribution in [-0.4, -0.2) is 42.5 Å². The quantitative estimate of drug-likeness (QED) is 0.756. The third-order valence-electron chi connectivity index (χ3n) is 4.24. The molecule has 7 heteroatoms. The summed E-state index contributed by atoms with van der Waals surface area (Å²) in [5, 5.41) is 4.71. The molecule has 0 spiro atoms. The van der Waals surface area contributed by atoms with E-state index >= 15 is 0 Å². The van der Waals surface area contributed by atoms with Crippen LogP contribution in [0.3, 0.4) is 0 Å². The van der Waals surface area contributed by atoms with E-state index in [0.29, 0.717) is 18.0 Å². The monoisotopic (exact) mass is 373 g/mol. The van der Waals surface area contributed by atoms with Gasteiger partial charge < -0.3 is 15.0 Å². The lowest BCUT2D eigenvalue weighted by molar-refractivity contribution is -0.121. The number of Topliss-reactive ketones (excluding diaryl/α,β-unsaturated/α-hetero) is 1. The summed E-state index contributed by atoms with van der Waals surface area (Å²) in [5.41, 5.74) is 0.938. The molecule has 0 saturated carbocycles. The number of rotatable bonds is 7. The Bertz CT molecular complexity index is 731. The first kappa shape index (κ1) is 18.5. The van der Waals surface area contributed by atoms with E-state index in [1.165, 1.54) is 11.3 Å². The van der Waals surface area contributed by atoms with Crippen molar-refractivity contribution in [2.24, 2.45) is 0 Å². The number of ketones is 1. The molecule has 1 saturated heterocycles. The van der Waals surface area contributed by atoms with Crippen molar-refractivity contribution in [1.29, 1.82) is 0 Å². The molecule has 6 nitrogen and oxygen atoms in total. The van der Waals surface area contributed by atoms with Crippen molar-refractivity contribution in [3.05, 3.63) is 46.3 Å². The van der Waals surface area contributed by atoms with Gasteiger partial charge >= 0.3 is 0 Å². The van der Waals surface area contributed by atoms with E-state index in [2.05, 4.69) is 22.1 Å². The van der Waals surface area contributed by atoms with Crippen LogP contribution in [0.4, 0.5) is 5.82 Å². The molecule has 1 unspecified atom stereocenters. The second-order valence-electron chi connectivity index (χ2n) is 6.33. The number of thiophene rings is 1. The lowest BCUT2D eigenvalue weighted by Crippen LogP contribution is -2.41.